The highest BCUT2D eigenvalue weighted by Gasteiger charge is 2.29. The minimum atomic E-state index is -4.26. The van der Waals surface area contributed by atoms with Crippen LogP contribution in [0.15, 0.2) is 17.4 Å². The molecule has 0 amide bonds. The van der Waals surface area contributed by atoms with Crippen LogP contribution in [-0.2, 0) is 13.1 Å². The second kappa shape index (κ2) is 9.89. The minimum Gasteiger partial charge on any atom is -0.349 e. The number of aliphatic imine (C=N–C) groups is 1. The van der Waals surface area contributed by atoms with E-state index in [1.54, 1.807) is 7.05 Å². The molecule has 2 heterocycles. The van der Waals surface area contributed by atoms with Gasteiger partial charge in [-0.3, -0.25) is 4.99 Å². The number of rotatable bonds is 4. The predicted molar refractivity (Wildman–Crippen MR) is 107 cm³/mol. The molecule has 1 aromatic heterocycles. The summed E-state index contributed by atoms with van der Waals surface area (Å²) in [6, 6.07) is 0. The summed E-state index contributed by atoms with van der Waals surface area (Å²) in [5.41, 5.74) is 0. The molecular formula is C15H25F3IN5S. The molecule has 1 aromatic rings. The molecule has 0 saturated carbocycles. The molecule has 144 valence electrons. The van der Waals surface area contributed by atoms with Gasteiger partial charge in [-0.1, -0.05) is 13.8 Å². The Morgan fingerprint density at radius 3 is 2.80 bits per heavy atom. The second-order valence-electron chi connectivity index (χ2n) is 6.09. The molecule has 25 heavy (non-hydrogen) atoms. The molecule has 1 atom stereocenters. The molecule has 1 saturated heterocycles. The fraction of sp³-hybridized carbons (Fsp3) is 0.733. The van der Waals surface area contributed by atoms with Crippen LogP contribution < -0.4 is 5.32 Å². The third-order valence-electron chi connectivity index (χ3n) is 3.90. The van der Waals surface area contributed by atoms with Gasteiger partial charge in [0.1, 0.15) is 12.4 Å². The van der Waals surface area contributed by atoms with E-state index in [1.807, 2.05) is 11.8 Å². The van der Waals surface area contributed by atoms with Crippen molar-refractivity contribution in [2.45, 2.75) is 38.4 Å². The number of guanidine groups is 1. The zero-order valence-corrected chi connectivity index (χ0v) is 17.7. The quantitative estimate of drug-likeness (QED) is 0.399. The maximum atomic E-state index is 12.6. The van der Waals surface area contributed by atoms with E-state index in [-0.39, 0.29) is 30.5 Å². The summed E-state index contributed by atoms with van der Waals surface area (Å²) in [5, 5.41) is 3.68. The van der Waals surface area contributed by atoms with Gasteiger partial charge in [0, 0.05) is 43.5 Å². The molecule has 5 nitrogen and oxygen atoms in total. The Labute approximate surface area is 167 Å². The molecular weight excluding hydrogens is 466 g/mol. The summed E-state index contributed by atoms with van der Waals surface area (Å²) in [7, 11) is 1.69. The lowest BCUT2D eigenvalue weighted by Crippen LogP contribution is -2.49. The molecule has 1 fully saturated rings. The van der Waals surface area contributed by atoms with Gasteiger partial charge in [-0.15, -0.1) is 24.0 Å². The molecule has 1 N–H and O–H groups in total. The van der Waals surface area contributed by atoms with Crippen LogP contribution in [0.5, 0.6) is 0 Å². The number of alkyl halides is 3. The molecule has 1 aliphatic rings. The van der Waals surface area contributed by atoms with E-state index in [4.69, 9.17) is 0 Å². The molecule has 0 bridgehead atoms. The maximum Gasteiger partial charge on any atom is 0.406 e. The average molecular weight is 491 g/mol. The van der Waals surface area contributed by atoms with E-state index in [0.29, 0.717) is 23.0 Å². The lowest BCUT2D eigenvalue weighted by molar-refractivity contribution is -0.141. The van der Waals surface area contributed by atoms with Crippen LogP contribution in [0.2, 0.25) is 0 Å². The first kappa shape index (κ1) is 22.4. The van der Waals surface area contributed by atoms with Crippen LogP contribution in [0.4, 0.5) is 13.2 Å². The number of imidazole rings is 1. The summed E-state index contributed by atoms with van der Waals surface area (Å²) in [4.78, 5) is 10.5. The topological polar surface area (TPSA) is 45.5 Å². The minimum absolute atomic E-state index is 0. The number of nitrogens with one attached hydrogen (secondary N) is 1. The van der Waals surface area contributed by atoms with E-state index < -0.39 is 12.7 Å². The summed E-state index contributed by atoms with van der Waals surface area (Å²) in [6.07, 6.45) is -1.52. The lowest BCUT2D eigenvalue weighted by Gasteiger charge is -2.36. The van der Waals surface area contributed by atoms with E-state index >= 15 is 0 Å². The van der Waals surface area contributed by atoms with Gasteiger partial charge in [0.25, 0.3) is 0 Å². The number of hydrogen-bond acceptors (Lipinski definition) is 3. The molecule has 0 aromatic carbocycles. The van der Waals surface area contributed by atoms with E-state index in [1.165, 1.54) is 12.4 Å². The predicted octanol–water partition coefficient (Wildman–Crippen LogP) is 3.21. The Balaban J connectivity index is 0.00000312. The van der Waals surface area contributed by atoms with Crippen molar-refractivity contribution in [2.24, 2.45) is 10.9 Å². The van der Waals surface area contributed by atoms with Gasteiger partial charge in [-0.25, -0.2) is 4.98 Å². The Kier molecular flexibility index (Phi) is 8.85. The number of thioether (sulfide) groups is 1. The Morgan fingerprint density at radius 1 is 1.48 bits per heavy atom. The number of hydrogen-bond donors (Lipinski definition) is 1. The fourth-order valence-corrected chi connectivity index (χ4v) is 3.90. The van der Waals surface area contributed by atoms with E-state index in [0.717, 1.165) is 23.4 Å². The lowest BCUT2D eigenvalue weighted by atomic mass is 10.1. The summed E-state index contributed by atoms with van der Waals surface area (Å²) in [5.74, 6) is 2.65. The molecule has 10 heteroatoms. The highest BCUT2D eigenvalue weighted by molar-refractivity contribution is 14.0. The first-order valence-corrected chi connectivity index (χ1v) is 8.99. The largest absolute Gasteiger partial charge is 0.406 e. The number of aromatic nitrogens is 2. The van der Waals surface area contributed by atoms with Gasteiger partial charge in [0.15, 0.2) is 5.96 Å². The van der Waals surface area contributed by atoms with Gasteiger partial charge in [-0.2, -0.15) is 24.9 Å². The highest BCUT2D eigenvalue weighted by atomic mass is 127. The van der Waals surface area contributed by atoms with Crippen molar-refractivity contribution < 1.29 is 13.2 Å². The molecule has 1 unspecified atom stereocenters. The van der Waals surface area contributed by atoms with Crippen molar-refractivity contribution in [3.05, 3.63) is 18.2 Å². The normalized spacial score (nSPS) is 19.1. The van der Waals surface area contributed by atoms with E-state index in [9.17, 15) is 13.2 Å². The van der Waals surface area contributed by atoms with Gasteiger partial charge >= 0.3 is 6.18 Å². The molecule has 0 aliphatic carbocycles. The summed E-state index contributed by atoms with van der Waals surface area (Å²) in [6.45, 7) is 5.35. The van der Waals surface area contributed by atoms with E-state index in [2.05, 4.69) is 34.0 Å². The summed E-state index contributed by atoms with van der Waals surface area (Å²) >= 11 is 1.96. The zero-order chi connectivity index (χ0) is 17.7. The Morgan fingerprint density at radius 2 is 2.20 bits per heavy atom. The number of nitrogens with zero attached hydrogens (tertiary/aromatic N) is 4. The average Bonchev–Trinajstić information content (AvgIpc) is 2.93. The SMILES string of the molecule is CN=C(NCc1nccn1CC(F)(F)F)N1CCSC(C(C)C)C1.I. The van der Waals surface area contributed by atoms with Crippen LogP contribution >= 0.6 is 35.7 Å². The third-order valence-corrected chi connectivity index (χ3v) is 5.44. The maximum absolute atomic E-state index is 12.6. The van der Waals surface area contributed by atoms with Crippen LogP contribution in [0, 0.1) is 5.92 Å². The van der Waals surface area contributed by atoms with Gasteiger partial charge < -0.3 is 14.8 Å². The number of halogens is 4. The zero-order valence-electron chi connectivity index (χ0n) is 14.6. The van der Waals surface area contributed by atoms with Crippen LogP contribution in [0.1, 0.15) is 19.7 Å². The third kappa shape index (κ3) is 6.87. The smallest absolute Gasteiger partial charge is 0.349 e. The van der Waals surface area contributed by atoms with Crippen LogP contribution in [0.3, 0.4) is 0 Å². The van der Waals surface area contributed by atoms with Crippen molar-refractivity contribution in [2.75, 3.05) is 25.9 Å². The van der Waals surface area contributed by atoms with Crippen LogP contribution in [0.25, 0.3) is 0 Å². The van der Waals surface area contributed by atoms with Gasteiger partial charge in [-0.05, 0) is 5.92 Å². The standard InChI is InChI=1S/C15H24F3N5S.HI/c1-11(2)12-9-22(6-7-24-12)14(19-3)21-8-13-20-4-5-23(13)10-15(16,17)18;/h4-5,11-12H,6-10H2,1-3H3,(H,19,21);1H. The molecule has 0 spiro atoms. The highest BCUT2D eigenvalue weighted by Crippen LogP contribution is 2.25. The molecule has 1 aliphatic heterocycles. The van der Waals surface area contributed by atoms with Crippen molar-refractivity contribution in [1.29, 1.82) is 0 Å². The van der Waals surface area contributed by atoms with Crippen molar-refractivity contribution in [1.82, 2.24) is 19.8 Å². The summed E-state index contributed by atoms with van der Waals surface area (Å²) < 4.78 is 38.8. The van der Waals surface area contributed by atoms with Crippen LogP contribution in [-0.4, -0.2) is 57.7 Å². The van der Waals surface area contributed by atoms with Gasteiger partial charge in [0.05, 0.1) is 6.54 Å². The van der Waals surface area contributed by atoms with Crippen molar-refractivity contribution in [3.63, 3.8) is 0 Å². The Bertz CT molecular complexity index is 562. The molecule has 2 rings (SSSR count). The monoisotopic (exact) mass is 491 g/mol. The first-order chi connectivity index (χ1) is 11.3. The second-order valence-corrected chi connectivity index (χ2v) is 7.43. The molecule has 0 radical (unpaired) electrons. The first-order valence-electron chi connectivity index (χ1n) is 7.94. The Hall–Kier alpha value is -0.650. The fourth-order valence-electron chi connectivity index (χ4n) is 2.61. The van der Waals surface area contributed by atoms with Crippen molar-refractivity contribution in [3.8, 4) is 0 Å². The van der Waals surface area contributed by atoms with Gasteiger partial charge in [0.2, 0.25) is 0 Å². The van der Waals surface area contributed by atoms with Crippen molar-refractivity contribution >= 4 is 41.7 Å².